The first kappa shape index (κ1) is 30.5. The third-order valence-corrected chi connectivity index (χ3v) is 8.75. The number of fused-ring (bicyclic) bond motifs is 1. The van der Waals surface area contributed by atoms with Gasteiger partial charge in [-0.15, -0.1) is 0 Å². The van der Waals surface area contributed by atoms with Crippen molar-refractivity contribution in [3.05, 3.63) is 54.2 Å². The number of aromatic nitrogens is 4. The number of rotatable bonds is 10. The number of β-amino-alcohol motifs (C(OH)–C–C–N with tert-alkyl or cyclic N) is 1. The highest BCUT2D eigenvalue weighted by molar-refractivity contribution is 7.90. The van der Waals surface area contributed by atoms with E-state index in [2.05, 4.69) is 40.4 Å². The predicted octanol–water partition coefficient (Wildman–Crippen LogP) is 2.94. The van der Waals surface area contributed by atoms with Gasteiger partial charge in [0.15, 0.2) is 21.5 Å². The molecule has 1 aliphatic heterocycles. The Kier molecular flexibility index (Phi) is 9.01. The van der Waals surface area contributed by atoms with Crippen molar-refractivity contribution in [1.29, 1.82) is 0 Å². The fourth-order valence-corrected chi connectivity index (χ4v) is 6.14. The normalized spacial score (nSPS) is 15.5. The van der Waals surface area contributed by atoms with Crippen molar-refractivity contribution in [3.8, 4) is 11.3 Å². The van der Waals surface area contributed by atoms with Crippen LogP contribution in [0.2, 0.25) is 0 Å². The van der Waals surface area contributed by atoms with Crippen molar-refractivity contribution in [1.82, 2.24) is 29.7 Å². The second-order valence-electron chi connectivity index (χ2n) is 10.5. The van der Waals surface area contributed by atoms with Gasteiger partial charge in [0.2, 0.25) is 11.9 Å². The number of aryl methyl sites for hydroxylation is 1. The molecule has 4 heterocycles. The number of aromatic amines is 1. The summed E-state index contributed by atoms with van der Waals surface area (Å²) in [5.41, 5.74) is 2.62. The number of nitrogens with zero attached hydrogens (tertiary/aromatic N) is 5. The van der Waals surface area contributed by atoms with Gasteiger partial charge in [0.25, 0.3) is 0 Å². The van der Waals surface area contributed by atoms with Gasteiger partial charge >= 0.3 is 0 Å². The van der Waals surface area contributed by atoms with E-state index in [1.165, 1.54) is 18.2 Å². The molecule has 4 N–H and O–H groups in total. The Bertz CT molecular complexity index is 1740. The second kappa shape index (κ2) is 12.7. The molecule has 1 saturated heterocycles. The number of carbonyl (C=O) groups excluding carboxylic acids is 1. The standard InChI is InChI=1S/C29H35FN8O4S/c1-4-22(38-12-10-37(11-13-38)14-15-39)28(40)36-27-26-19(8-9-31-27)20(17-32-26)25-18(2)16-33-29(35-25)34-21-6-5-7-23(24(21)30)43(3,41)42/h5-9,16-17,22,32,39H,4,10-15H2,1-3H3,(H,31,36,40)(H,33,34,35). The zero-order valence-electron chi connectivity index (χ0n) is 24.3. The minimum atomic E-state index is -3.76. The van der Waals surface area contributed by atoms with Crippen LogP contribution in [0.5, 0.6) is 0 Å². The summed E-state index contributed by atoms with van der Waals surface area (Å²) in [6.45, 7) is 7.65. The van der Waals surface area contributed by atoms with E-state index in [0.29, 0.717) is 30.0 Å². The van der Waals surface area contributed by atoms with Crippen LogP contribution < -0.4 is 10.6 Å². The van der Waals surface area contributed by atoms with E-state index in [4.69, 9.17) is 0 Å². The number of benzene rings is 1. The molecule has 0 bridgehead atoms. The van der Waals surface area contributed by atoms with Gasteiger partial charge in [0, 0.05) is 68.5 Å². The third kappa shape index (κ3) is 6.51. The van der Waals surface area contributed by atoms with Gasteiger partial charge in [-0.05, 0) is 37.1 Å². The zero-order valence-corrected chi connectivity index (χ0v) is 25.1. The molecule has 5 rings (SSSR count). The quantitative estimate of drug-likeness (QED) is 0.211. The van der Waals surface area contributed by atoms with Crippen molar-refractivity contribution >= 4 is 44.1 Å². The lowest BCUT2D eigenvalue weighted by atomic mass is 10.1. The summed E-state index contributed by atoms with van der Waals surface area (Å²) in [5.74, 6) is -0.563. The Morgan fingerprint density at radius 2 is 1.95 bits per heavy atom. The largest absolute Gasteiger partial charge is 0.395 e. The molecule has 0 spiro atoms. The molecular weight excluding hydrogens is 575 g/mol. The topological polar surface area (TPSA) is 156 Å². The molecule has 43 heavy (non-hydrogen) atoms. The molecule has 1 aliphatic rings. The Morgan fingerprint density at radius 1 is 1.19 bits per heavy atom. The number of hydrogen-bond donors (Lipinski definition) is 4. The molecule has 0 saturated carbocycles. The summed E-state index contributed by atoms with van der Waals surface area (Å²) in [4.78, 5) is 33.9. The molecule has 1 fully saturated rings. The van der Waals surface area contributed by atoms with Crippen molar-refractivity contribution in [2.45, 2.75) is 31.2 Å². The Balaban J connectivity index is 1.39. The lowest BCUT2D eigenvalue weighted by Crippen LogP contribution is -2.54. The predicted molar refractivity (Wildman–Crippen MR) is 162 cm³/mol. The van der Waals surface area contributed by atoms with Gasteiger partial charge in [-0.2, -0.15) is 0 Å². The number of H-pyrrole nitrogens is 1. The average molecular weight is 611 g/mol. The number of carbonyl (C=O) groups is 1. The van der Waals surface area contributed by atoms with Gasteiger partial charge < -0.3 is 20.7 Å². The van der Waals surface area contributed by atoms with Crippen molar-refractivity contribution in [2.24, 2.45) is 0 Å². The summed E-state index contributed by atoms with van der Waals surface area (Å²) in [6, 6.07) is 5.56. The molecule has 1 unspecified atom stereocenters. The summed E-state index contributed by atoms with van der Waals surface area (Å²) in [6.07, 6.45) is 6.57. The Morgan fingerprint density at radius 3 is 2.65 bits per heavy atom. The van der Waals surface area contributed by atoms with Crippen LogP contribution in [-0.4, -0.2) is 101 Å². The highest BCUT2D eigenvalue weighted by atomic mass is 32.2. The van der Waals surface area contributed by atoms with Gasteiger partial charge in [-0.25, -0.2) is 27.8 Å². The van der Waals surface area contributed by atoms with E-state index in [0.717, 1.165) is 48.9 Å². The van der Waals surface area contributed by atoms with Crippen molar-refractivity contribution < 1.29 is 22.7 Å². The van der Waals surface area contributed by atoms with Gasteiger partial charge in [0.05, 0.1) is 29.5 Å². The van der Waals surface area contributed by atoms with E-state index in [9.17, 15) is 22.7 Å². The highest BCUT2D eigenvalue weighted by Gasteiger charge is 2.28. The van der Waals surface area contributed by atoms with Crippen LogP contribution in [0.1, 0.15) is 18.9 Å². The maximum absolute atomic E-state index is 15.0. The van der Waals surface area contributed by atoms with Crippen LogP contribution in [0, 0.1) is 12.7 Å². The van der Waals surface area contributed by atoms with Crippen molar-refractivity contribution in [3.63, 3.8) is 0 Å². The molecule has 228 valence electrons. The van der Waals surface area contributed by atoms with E-state index in [1.54, 1.807) is 18.6 Å². The van der Waals surface area contributed by atoms with Gasteiger partial charge in [-0.1, -0.05) is 13.0 Å². The number of amides is 1. The first-order valence-corrected chi connectivity index (χ1v) is 15.9. The molecule has 14 heteroatoms. The number of halogens is 1. The zero-order chi connectivity index (χ0) is 30.7. The number of hydrogen-bond acceptors (Lipinski definition) is 10. The van der Waals surface area contributed by atoms with Gasteiger partial charge in [0.1, 0.15) is 4.90 Å². The summed E-state index contributed by atoms with van der Waals surface area (Å²) in [7, 11) is -3.76. The lowest BCUT2D eigenvalue weighted by molar-refractivity contribution is -0.122. The van der Waals surface area contributed by atoms with Crippen LogP contribution in [0.15, 0.2) is 47.8 Å². The third-order valence-electron chi connectivity index (χ3n) is 7.63. The molecule has 0 aliphatic carbocycles. The summed E-state index contributed by atoms with van der Waals surface area (Å²) >= 11 is 0. The molecule has 1 atom stereocenters. The molecular formula is C29H35FN8O4S. The van der Waals surface area contributed by atoms with Gasteiger partial charge in [-0.3, -0.25) is 14.6 Å². The SMILES string of the molecule is CCC(C(=O)Nc1nccc2c(-c3nc(Nc4cccc(S(C)(=O)=O)c4F)ncc3C)c[nH]c12)N1CCN(CCO)CC1. The summed E-state index contributed by atoms with van der Waals surface area (Å²) in [5, 5.41) is 15.8. The first-order valence-electron chi connectivity index (χ1n) is 14.0. The van der Waals surface area contributed by atoms with Crippen LogP contribution in [-0.2, 0) is 14.6 Å². The van der Waals surface area contributed by atoms with Crippen LogP contribution in [0.4, 0.5) is 21.8 Å². The number of aliphatic hydroxyl groups excluding tert-OH is 1. The van der Waals surface area contributed by atoms with E-state index in [-0.39, 0.29) is 30.2 Å². The van der Waals surface area contributed by atoms with E-state index < -0.39 is 20.5 Å². The lowest BCUT2D eigenvalue weighted by Gasteiger charge is -2.38. The number of piperazine rings is 1. The highest BCUT2D eigenvalue weighted by Crippen LogP contribution is 2.33. The fourth-order valence-electron chi connectivity index (χ4n) is 5.38. The monoisotopic (exact) mass is 610 g/mol. The fraction of sp³-hybridized carbons (Fsp3) is 0.379. The minimum absolute atomic E-state index is 0.0638. The molecule has 3 aromatic heterocycles. The Hall–Kier alpha value is -3.98. The number of pyridine rings is 1. The van der Waals surface area contributed by atoms with Crippen LogP contribution in [0.3, 0.4) is 0 Å². The molecule has 1 amide bonds. The molecule has 1 aromatic carbocycles. The number of anilines is 3. The van der Waals surface area contributed by atoms with E-state index >= 15 is 0 Å². The smallest absolute Gasteiger partial charge is 0.242 e. The number of sulfone groups is 1. The molecule has 12 nitrogen and oxygen atoms in total. The second-order valence-corrected chi connectivity index (χ2v) is 12.5. The maximum Gasteiger partial charge on any atom is 0.242 e. The maximum atomic E-state index is 15.0. The molecule has 4 aromatic rings. The average Bonchev–Trinajstić information content (AvgIpc) is 3.41. The number of nitrogens with one attached hydrogen (secondary N) is 3. The van der Waals surface area contributed by atoms with Crippen molar-refractivity contribution in [2.75, 3.05) is 56.2 Å². The first-order chi connectivity index (χ1) is 20.6. The van der Waals surface area contributed by atoms with E-state index in [1.807, 2.05) is 19.9 Å². The summed E-state index contributed by atoms with van der Waals surface area (Å²) < 4.78 is 38.9. The number of aliphatic hydroxyl groups is 1. The van der Waals surface area contributed by atoms with Crippen LogP contribution in [0.25, 0.3) is 22.2 Å². The Labute approximate surface area is 249 Å². The minimum Gasteiger partial charge on any atom is -0.395 e. The molecule has 0 radical (unpaired) electrons. The van der Waals surface area contributed by atoms with Crippen LogP contribution >= 0.6 is 0 Å².